The minimum atomic E-state index is -3.38. The maximum atomic E-state index is 11.9. The van der Waals surface area contributed by atoms with Crippen LogP contribution in [-0.4, -0.2) is 24.5 Å². The van der Waals surface area contributed by atoms with Crippen LogP contribution >= 0.6 is 0 Å². The van der Waals surface area contributed by atoms with Gasteiger partial charge in [-0.1, -0.05) is 36.4 Å². The molecule has 4 heteroatoms. The van der Waals surface area contributed by atoms with Gasteiger partial charge in [0, 0.05) is 6.26 Å². The van der Waals surface area contributed by atoms with E-state index in [1.165, 1.54) is 0 Å². The number of sulfone groups is 1. The number of aliphatic hydroxyl groups is 1. The first-order chi connectivity index (χ1) is 9.16. The van der Waals surface area contributed by atoms with Gasteiger partial charge in [-0.2, -0.15) is 0 Å². The second-order valence-corrected chi connectivity index (χ2v) is 8.39. The topological polar surface area (TPSA) is 54.4 Å². The number of aliphatic hydroxyl groups excluding tert-OH is 1. The van der Waals surface area contributed by atoms with E-state index in [-0.39, 0.29) is 0 Å². The molecule has 108 valence electrons. The van der Waals surface area contributed by atoms with Crippen LogP contribution < -0.4 is 0 Å². The minimum absolute atomic E-state index is 0.654. The molecule has 2 rings (SSSR count). The molecule has 2 aromatic rings. The van der Waals surface area contributed by atoms with E-state index in [9.17, 15) is 13.5 Å². The third-order valence-electron chi connectivity index (χ3n) is 4.08. The van der Waals surface area contributed by atoms with Crippen molar-refractivity contribution in [2.75, 3.05) is 6.26 Å². The molecule has 0 radical (unpaired) electrons. The van der Waals surface area contributed by atoms with Gasteiger partial charge in [0.25, 0.3) is 0 Å². The molecule has 0 saturated heterocycles. The number of hydrogen-bond donors (Lipinski definition) is 1. The van der Waals surface area contributed by atoms with Crippen LogP contribution in [0.15, 0.2) is 36.4 Å². The van der Waals surface area contributed by atoms with Crippen LogP contribution in [0.4, 0.5) is 0 Å². The third-order valence-corrected chi connectivity index (χ3v) is 6.22. The van der Waals surface area contributed by atoms with Crippen LogP contribution in [-0.2, 0) is 9.84 Å². The lowest BCUT2D eigenvalue weighted by atomic mass is 9.92. The van der Waals surface area contributed by atoms with E-state index in [0.717, 1.165) is 22.6 Å². The highest BCUT2D eigenvalue weighted by Gasteiger charge is 2.39. The fourth-order valence-corrected chi connectivity index (χ4v) is 2.82. The first-order valence-electron chi connectivity index (χ1n) is 6.52. The Labute approximate surface area is 120 Å². The van der Waals surface area contributed by atoms with Gasteiger partial charge in [-0.25, -0.2) is 8.42 Å². The van der Waals surface area contributed by atoms with Crippen molar-refractivity contribution in [3.63, 3.8) is 0 Å². The van der Waals surface area contributed by atoms with Gasteiger partial charge in [0.05, 0.1) is 10.9 Å². The minimum Gasteiger partial charge on any atom is -0.387 e. The largest absolute Gasteiger partial charge is 0.387 e. The summed E-state index contributed by atoms with van der Waals surface area (Å²) in [5.74, 6) is 0. The van der Waals surface area contributed by atoms with Crippen molar-refractivity contribution < 1.29 is 13.5 Å². The molecule has 0 aliphatic rings. The quantitative estimate of drug-likeness (QED) is 0.946. The summed E-state index contributed by atoms with van der Waals surface area (Å²) in [7, 11) is -3.38. The molecule has 2 aromatic carbocycles. The number of fused-ring (bicyclic) bond motifs is 1. The van der Waals surface area contributed by atoms with E-state index >= 15 is 0 Å². The summed E-state index contributed by atoms with van der Waals surface area (Å²) in [4.78, 5) is 0. The Hall–Kier alpha value is -1.39. The molecule has 1 atom stereocenters. The Morgan fingerprint density at radius 2 is 1.60 bits per heavy atom. The predicted octanol–water partition coefficient (Wildman–Crippen LogP) is 3.00. The Kier molecular flexibility index (Phi) is 3.65. The van der Waals surface area contributed by atoms with Gasteiger partial charge in [-0.15, -0.1) is 0 Å². The first-order valence-corrected chi connectivity index (χ1v) is 8.41. The summed E-state index contributed by atoms with van der Waals surface area (Å²) in [6.07, 6.45) is 0.0927. The molecular formula is C16H20O3S. The standard InChI is InChI=1S/C16H20O3S/c1-11-9-10-14(13-8-6-5-7-12(11)13)15(17)16(2,3)20(4,18)19/h5-10,15,17H,1-4H3. The molecular weight excluding hydrogens is 272 g/mol. The van der Waals surface area contributed by atoms with E-state index in [1.54, 1.807) is 13.8 Å². The van der Waals surface area contributed by atoms with E-state index in [1.807, 2.05) is 43.3 Å². The van der Waals surface area contributed by atoms with Crippen LogP contribution in [0.25, 0.3) is 10.8 Å². The lowest BCUT2D eigenvalue weighted by Crippen LogP contribution is -2.37. The highest BCUT2D eigenvalue weighted by atomic mass is 32.2. The van der Waals surface area contributed by atoms with Crippen molar-refractivity contribution in [2.45, 2.75) is 31.6 Å². The maximum Gasteiger partial charge on any atom is 0.155 e. The van der Waals surface area contributed by atoms with Gasteiger partial charge >= 0.3 is 0 Å². The number of aryl methyl sites for hydroxylation is 1. The SMILES string of the molecule is Cc1ccc(C(O)C(C)(C)S(C)(=O)=O)c2ccccc12. The maximum absolute atomic E-state index is 11.9. The van der Waals surface area contributed by atoms with Gasteiger partial charge in [-0.3, -0.25) is 0 Å². The van der Waals surface area contributed by atoms with Crippen molar-refractivity contribution in [1.29, 1.82) is 0 Å². The Balaban J connectivity index is 2.68. The van der Waals surface area contributed by atoms with E-state index in [0.29, 0.717) is 5.56 Å². The van der Waals surface area contributed by atoms with Crippen LogP contribution in [0, 0.1) is 6.92 Å². The molecule has 0 spiro atoms. The zero-order valence-electron chi connectivity index (χ0n) is 12.2. The molecule has 3 nitrogen and oxygen atoms in total. The van der Waals surface area contributed by atoms with Crippen molar-refractivity contribution in [1.82, 2.24) is 0 Å². The van der Waals surface area contributed by atoms with Crippen molar-refractivity contribution >= 4 is 20.6 Å². The summed E-state index contributed by atoms with van der Waals surface area (Å²) in [6.45, 7) is 5.11. The average molecular weight is 292 g/mol. The highest BCUT2D eigenvalue weighted by molar-refractivity contribution is 7.92. The van der Waals surface area contributed by atoms with Crippen molar-refractivity contribution in [3.05, 3.63) is 47.5 Å². The highest BCUT2D eigenvalue weighted by Crippen LogP contribution is 2.36. The molecule has 1 unspecified atom stereocenters. The lowest BCUT2D eigenvalue weighted by Gasteiger charge is -2.29. The van der Waals surface area contributed by atoms with Gasteiger partial charge in [0.1, 0.15) is 0 Å². The number of rotatable bonds is 3. The molecule has 20 heavy (non-hydrogen) atoms. The monoisotopic (exact) mass is 292 g/mol. The van der Waals surface area contributed by atoms with Gasteiger partial charge in [-0.05, 0) is 42.7 Å². The number of hydrogen-bond acceptors (Lipinski definition) is 3. The molecule has 0 saturated carbocycles. The van der Waals surface area contributed by atoms with E-state index in [2.05, 4.69) is 0 Å². The van der Waals surface area contributed by atoms with Gasteiger partial charge < -0.3 is 5.11 Å². The van der Waals surface area contributed by atoms with Crippen LogP contribution in [0.1, 0.15) is 31.1 Å². The second kappa shape index (κ2) is 4.86. The smallest absolute Gasteiger partial charge is 0.155 e. The van der Waals surface area contributed by atoms with Crippen molar-refractivity contribution in [3.8, 4) is 0 Å². The molecule has 0 bridgehead atoms. The van der Waals surface area contributed by atoms with E-state index < -0.39 is 20.7 Å². The second-order valence-electron chi connectivity index (χ2n) is 5.80. The summed E-state index contributed by atoms with van der Waals surface area (Å²) in [5.41, 5.74) is 1.76. The van der Waals surface area contributed by atoms with Gasteiger partial charge in [0.2, 0.25) is 0 Å². The molecule has 0 amide bonds. The first kappa shape index (κ1) is 15.0. The normalized spacial score (nSPS) is 14.4. The average Bonchev–Trinajstić information content (AvgIpc) is 2.37. The van der Waals surface area contributed by atoms with E-state index in [4.69, 9.17) is 0 Å². The fourth-order valence-electron chi connectivity index (χ4n) is 2.29. The Morgan fingerprint density at radius 1 is 1.05 bits per heavy atom. The zero-order chi connectivity index (χ0) is 15.1. The lowest BCUT2D eigenvalue weighted by molar-refractivity contribution is 0.141. The fraction of sp³-hybridized carbons (Fsp3) is 0.375. The summed E-state index contributed by atoms with van der Waals surface area (Å²) < 4.78 is 22.6. The zero-order valence-corrected chi connectivity index (χ0v) is 13.0. The van der Waals surface area contributed by atoms with Crippen LogP contribution in [0.2, 0.25) is 0 Å². The van der Waals surface area contributed by atoms with Crippen molar-refractivity contribution in [2.24, 2.45) is 0 Å². The molecule has 0 aromatic heterocycles. The van der Waals surface area contributed by atoms with Crippen LogP contribution in [0.3, 0.4) is 0 Å². The molecule has 1 N–H and O–H groups in total. The van der Waals surface area contributed by atoms with Gasteiger partial charge in [0.15, 0.2) is 9.84 Å². The summed E-state index contributed by atoms with van der Waals surface area (Å²) in [5, 5.41) is 12.5. The molecule has 0 fully saturated rings. The number of benzene rings is 2. The molecule has 0 aliphatic heterocycles. The summed E-state index contributed by atoms with van der Waals surface area (Å²) in [6, 6.07) is 11.5. The Morgan fingerprint density at radius 3 is 2.15 bits per heavy atom. The Bertz CT molecular complexity index is 745. The predicted molar refractivity (Wildman–Crippen MR) is 82.6 cm³/mol. The third kappa shape index (κ3) is 2.34. The van der Waals surface area contributed by atoms with Crippen LogP contribution in [0.5, 0.6) is 0 Å². The molecule has 0 heterocycles. The summed E-state index contributed by atoms with van der Waals surface area (Å²) >= 11 is 0. The molecule has 0 aliphatic carbocycles.